The quantitative estimate of drug-likeness (QED) is 0.821. The zero-order valence-electron chi connectivity index (χ0n) is 10.9. The van der Waals surface area contributed by atoms with Gasteiger partial charge in [0, 0.05) is 6.54 Å². The van der Waals surface area contributed by atoms with Crippen molar-refractivity contribution in [3.05, 3.63) is 0 Å². The van der Waals surface area contributed by atoms with Gasteiger partial charge in [-0.3, -0.25) is 9.59 Å². The van der Waals surface area contributed by atoms with E-state index in [1.165, 1.54) is 32.1 Å². The Balaban J connectivity index is 1.62. The minimum atomic E-state index is -0.213. The van der Waals surface area contributed by atoms with Gasteiger partial charge in [0.2, 0.25) is 11.8 Å². The van der Waals surface area contributed by atoms with Gasteiger partial charge in [-0.2, -0.15) is 0 Å². The van der Waals surface area contributed by atoms with Crippen LogP contribution in [0.2, 0.25) is 0 Å². The van der Waals surface area contributed by atoms with Gasteiger partial charge < -0.3 is 10.2 Å². The molecule has 18 heavy (non-hydrogen) atoms. The zero-order chi connectivity index (χ0) is 12.5. The second-order valence-corrected chi connectivity index (χ2v) is 6.11. The van der Waals surface area contributed by atoms with Crippen molar-refractivity contribution in [3.8, 4) is 0 Å². The highest BCUT2D eigenvalue weighted by Gasteiger charge is 2.42. The van der Waals surface area contributed by atoms with Gasteiger partial charge in [0.15, 0.2) is 0 Å². The number of carbonyl (C=O) groups excluding carboxylic acids is 2. The number of piperazine rings is 1. The molecular formula is C14H22N2O2. The second-order valence-electron chi connectivity index (χ2n) is 6.11. The molecule has 3 rings (SSSR count). The van der Waals surface area contributed by atoms with Gasteiger partial charge in [-0.05, 0) is 37.5 Å². The van der Waals surface area contributed by atoms with E-state index in [1.54, 1.807) is 0 Å². The van der Waals surface area contributed by atoms with Crippen LogP contribution in [0.5, 0.6) is 0 Å². The van der Waals surface area contributed by atoms with E-state index < -0.39 is 0 Å². The van der Waals surface area contributed by atoms with E-state index in [0.717, 1.165) is 19.4 Å². The van der Waals surface area contributed by atoms with Crippen molar-refractivity contribution in [1.29, 1.82) is 0 Å². The zero-order valence-corrected chi connectivity index (χ0v) is 10.9. The summed E-state index contributed by atoms with van der Waals surface area (Å²) >= 11 is 0. The minimum absolute atomic E-state index is 0.0299. The van der Waals surface area contributed by atoms with Crippen molar-refractivity contribution in [1.82, 2.24) is 10.2 Å². The predicted octanol–water partition coefficient (Wildman–Crippen LogP) is 1.30. The van der Waals surface area contributed by atoms with Gasteiger partial charge in [-0.15, -0.1) is 0 Å². The summed E-state index contributed by atoms with van der Waals surface area (Å²) in [7, 11) is 0. The molecule has 1 heterocycles. The normalized spacial score (nSPS) is 30.4. The molecule has 0 spiro atoms. The molecule has 0 aromatic rings. The number of amides is 2. The fraction of sp³-hybridized carbons (Fsp3) is 0.857. The Hall–Kier alpha value is -1.06. The van der Waals surface area contributed by atoms with Gasteiger partial charge in [0.1, 0.15) is 6.04 Å². The van der Waals surface area contributed by atoms with Crippen molar-refractivity contribution in [2.45, 2.75) is 51.0 Å². The van der Waals surface area contributed by atoms with Crippen LogP contribution in [0.25, 0.3) is 0 Å². The highest BCUT2D eigenvalue weighted by atomic mass is 16.2. The molecule has 3 fully saturated rings. The summed E-state index contributed by atoms with van der Waals surface area (Å²) in [4.78, 5) is 25.9. The van der Waals surface area contributed by atoms with Crippen molar-refractivity contribution in [2.75, 3.05) is 13.1 Å². The van der Waals surface area contributed by atoms with Gasteiger partial charge in [0.25, 0.3) is 0 Å². The van der Waals surface area contributed by atoms with Crippen molar-refractivity contribution in [2.24, 2.45) is 11.8 Å². The van der Waals surface area contributed by atoms with E-state index in [-0.39, 0.29) is 24.4 Å². The largest absolute Gasteiger partial charge is 0.342 e. The molecule has 1 saturated heterocycles. The van der Waals surface area contributed by atoms with Crippen LogP contribution >= 0.6 is 0 Å². The molecule has 1 N–H and O–H groups in total. The first-order valence-corrected chi connectivity index (χ1v) is 7.32. The Bertz CT molecular complexity index is 346. The minimum Gasteiger partial charge on any atom is -0.342 e. The number of hydrogen-bond acceptors (Lipinski definition) is 2. The standard InChI is InChI=1S/C14H22N2O2/c17-12-9-16(8-10-4-2-1-3-5-10)14(18)13(15-12)11-6-7-11/h10-11,13H,1-9H2,(H,15,17). The third kappa shape index (κ3) is 2.52. The van der Waals surface area contributed by atoms with Gasteiger partial charge in [-0.1, -0.05) is 19.3 Å². The predicted molar refractivity (Wildman–Crippen MR) is 67.8 cm³/mol. The number of rotatable bonds is 3. The summed E-state index contributed by atoms with van der Waals surface area (Å²) in [6.07, 6.45) is 8.52. The average Bonchev–Trinajstić information content (AvgIpc) is 3.19. The summed E-state index contributed by atoms with van der Waals surface area (Å²) < 4.78 is 0. The second kappa shape index (κ2) is 4.90. The molecule has 1 unspecified atom stereocenters. The molecule has 4 heteroatoms. The Morgan fingerprint density at radius 3 is 2.44 bits per heavy atom. The SMILES string of the molecule is O=C1CN(CC2CCCCC2)C(=O)C(C2CC2)N1. The summed E-state index contributed by atoms with van der Waals surface area (Å²) in [5.74, 6) is 1.23. The van der Waals surface area contributed by atoms with E-state index in [4.69, 9.17) is 0 Å². The van der Waals surface area contributed by atoms with E-state index in [9.17, 15) is 9.59 Å². The topological polar surface area (TPSA) is 49.4 Å². The average molecular weight is 250 g/mol. The van der Waals surface area contributed by atoms with Crippen LogP contribution in [0.15, 0.2) is 0 Å². The van der Waals surface area contributed by atoms with Crippen LogP contribution in [0, 0.1) is 11.8 Å². The molecule has 100 valence electrons. The van der Waals surface area contributed by atoms with E-state index >= 15 is 0 Å². The lowest BCUT2D eigenvalue weighted by Crippen LogP contribution is -2.59. The number of nitrogens with one attached hydrogen (secondary N) is 1. The number of nitrogens with zero attached hydrogens (tertiary/aromatic N) is 1. The Morgan fingerprint density at radius 1 is 1.06 bits per heavy atom. The molecule has 2 saturated carbocycles. The summed E-state index contributed by atoms with van der Waals surface area (Å²) in [6.45, 7) is 1.08. The number of hydrogen-bond donors (Lipinski definition) is 1. The molecule has 2 aliphatic carbocycles. The van der Waals surface area contributed by atoms with E-state index in [1.807, 2.05) is 4.90 Å². The molecule has 0 aromatic heterocycles. The summed E-state index contributed by atoms with van der Waals surface area (Å²) in [5, 5.41) is 2.87. The first-order valence-electron chi connectivity index (χ1n) is 7.32. The maximum absolute atomic E-state index is 12.3. The molecule has 0 bridgehead atoms. The van der Waals surface area contributed by atoms with Crippen molar-refractivity contribution < 1.29 is 9.59 Å². The van der Waals surface area contributed by atoms with Gasteiger partial charge >= 0.3 is 0 Å². The molecule has 3 aliphatic rings. The highest BCUT2D eigenvalue weighted by molar-refractivity contribution is 5.95. The maximum atomic E-state index is 12.3. The Labute approximate surface area is 108 Å². The fourth-order valence-electron chi connectivity index (χ4n) is 3.31. The van der Waals surface area contributed by atoms with Crippen LogP contribution in [-0.4, -0.2) is 35.8 Å². The summed E-state index contributed by atoms with van der Waals surface area (Å²) in [6, 6.07) is -0.213. The van der Waals surface area contributed by atoms with Crippen LogP contribution < -0.4 is 5.32 Å². The lowest BCUT2D eigenvalue weighted by Gasteiger charge is -2.35. The first-order chi connectivity index (χ1) is 8.74. The third-order valence-corrected chi connectivity index (χ3v) is 4.53. The van der Waals surface area contributed by atoms with Gasteiger partial charge in [0.05, 0.1) is 6.54 Å². The van der Waals surface area contributed by atoms with Gasteiger partial charge in [-0.25, -0.2) is 0 Å². The lowest BCUT2D eigenvalue weighted by atomic mass is 9.88. The molecule has 1 aliphatic heterocycles. The molecule has 0 radical (unpaired) electrons. The Kier molecular flexibility index (Phi) is 3.27. The van der Waals surface area contributed by atoms with Crippen molar-refractivity contribution in [3.63, 3.8) is 0 Å². The Morgan fingerprint density at radius 2 is 1.78 bits per heavy atom. The van der Waals surface area contributed by atoms with Crippen LogP contribution in [0.3, 0.4) is 0 Å². The van der Waals surface area contributed by atoms with Crippen LogP contribution in [0.4, 0.5) is 0 Å². The molecule has 1 atom stereocenters. The highest BCUT2D eigenvalue weighted by Crippen LogP contribution is 2.34. The molecule has 4 nitrogen and oxygen atoms in total. The lowest BCUT2D eigenvalue weighted by molar-refractivity contribution is -0.145. The molecule has 0 aromatic carbocycles. The van der Waals surface area contributed by atoms with E-state index in [0.29, 0.717) is 11.8 Å². The monoisotopic (exact) mass is 250 g/mol. The smallest absolute Gasteiger partial charge is 0.245 e. The van der Waals surface area contributed by atoms with Crippen molar-refractivity contribution >= 4 is 11.8 Å². The summed E-state index contributed by atoms with van der Waals surface area (Å²) in [5.41, 5.74) is 0. The number of carbonyl (C=O) groups is 2. The molecule has 2 amide bonds. The van der Waals surface area contributed by atoms with Crippen LogP contribution in [0.1, 0.15) is 44.9 Å². The maximum Gasteiger partial charge on any atom is 0.245 e. The van der Waals surface area contributed by atoms with Crippen LogP contribution in [-0.2, 0) is 9.59 Å². The molecular weight excluding hydrogens is 228 g/mol. The first kappa shape index (κ1) is 12.0. The fourth-order valence-corrected chi connectivity index (χ4v) is 3.31. The van der Waals surface area contributed by atoms with E-state index in [2.05, 4.69) is 5.32 Å². The third-order valence-electron chi connectivity index (χ3n) is 4.53.